The molecule has 0 bridgehead atoms. The first-order valence-corrected chi connectivity index (χ1v) is 9.92. The van der Waals surface area contributed by atoms with Gasteiger partial charge in [0.1, 0.15) is 11.9 Å². The third kappa shape index (κ3) is 4.61. The third-order valence-electron chi connectivity index (χ3n) is 5.37. The number of amides is 2. The van der Waals surface area contributed by atoms with Crippen LogP contribution in [0.3, 0.4) is 0 Å². The molecule has 1 heterocycles. The zero-order valence-electron chi connectivity index (χ0n) is 17.3. The number of anilines is 1. The first kappa shape index (κ1) is 20.1. The molecule has 3 rings (SSSR count). The van der Waals surface area contributed by atoms with E-state index < -0.39 is 6.04 Å². The highest BCUT2D eigenvalue weighted by molar-refractivity contribution is 6.00. The fraction of sp³-hybridized carbons (Fsp3) is 0.500. The Morgan fingerprint density at radius 3 is 2.32 bits per heavy atom. The van der Waals surface area contributed by atoms with Crippen LogP contribution in [0.5, 0.6) is 0 Å². The number of nitrogens with one attached hydrogen (secondary N) is 2. The summed E-state index contributed by atoms with van der Waals surface area (Å²) in [6.07, 6.45) is 4.10. The number of rotatable bonds is 6. The van der Waals surface area contributed by atoms with Crippen molar-refractivity contribution < 1.29 is 9.59 Å². The molecule has 6 nitrogen and oxygen atoms in total. The highest BCUT2D eigenvalue weighted by Gasteiger charge is 2.31. The van der Waals surface area contributed by atoms with E-state index in [1.165, 1.54) is 12.8 Å². The van der Waals surface area contributed by atoms with Crippen molar-refractivity contribution in [1.82, 2.24) is 15.1 Å². The fourth-order valence-corrected chi connectivity index (χ4v) is 3.22. The van der Waals surface area contributed by atoms with Crippen LogP contribution in [0, 0.1) is 5.92 Å². The quantitative estimate of drug-likeness (QED) is 0.795. The van der Waals surface area contributed by atoms with Gasteiger partial charge in [0.2, 0.25) is 5.91 Å². The number of carbonyl (C=O) groups is 2. The second kappa shape index (κ2) is 7.78. The minimum atomic E-state index is -0.658. The molecule has 1 aliphatic rings. The molecule has 2 atom stereocenters. The topological polar surface area (TPSA) is 76.0 Å². The number of hydrogen-bond acceptors (Lipinski definition) is 3. The molecule has 1 aromatic heterocycles. The normalized spacial score (nSPS) is 16.3. The number of benzene rings is 1. The van der Waals surface area contributed by atoms with E-state index in [0.29, 0.717) is 17.3 Å². The van der Waals surface area contributed by atoms with Crippen molar-refractivity contribution in [3.8, 4) is 0 Å². The molecule has 2 amide bonds. The maximum absolute atomic E-state index is 12.6. The van der Waals surface area contributed by atoms with Gasteiger partial charge in [-0.25, -0.2) is 4.68 Å². The summed E-state index contributed by atoms with van der Waals surface area (Å²) < 4.78 is 1.86. The fourth-order valence-electron chi connectivity index (χ4n) is 3.22. The Hall–Kier alpha value is -2.63. The van der Waals surface area contributed by atoms with Gasteiger partial charge in [0.05, 0.1) is 12.2 Å². The maximum Gasteiger partial charge on any atom is 0.251 e. The van der Waals surface area contributed by atoms with Crippen LogP contribution in [0.25, 0.3) is 0 Å². The van der Waals surface area contributed by atoms with Crippen molar-refractivity contribution in [3.63, 3.8) is 0 Å². The lowest BCUT2D eigenvalue weighted by molar-refractivity contribution is -0.117. The Morgan fingerprint density at radius 1 is 1.11 bits per heavy atom. The van der Waals surface area contributed by atoms with Crippen molar-refractivity contribution in [3.05, 3.63) is 47.7 Å². The van der Waals surface area contributed by atoms with Gasteiger partial charge in [-0.05, 0) is 55.7 Å². The molecule has 150 valence electrons. The maximum atomic E-state index is 12.6. The lowest BCUT2D eigenvalue weighted by Crippen LogP contribution is -2.42. The number of carbonyl (C=O) groups excluding carboxylic acids is 2. The Bertz CT molecular complexity index is 844. The van der Waals surface area contributed by atoms with Gasteiger partial charge in [-0.1, -0.05) is 32.9 Å². The monoisotopic (exact) mass is 382 g/mol. The average molecular weight is 383 g/mol. The predicted molar refractivity (Wildman–Crippen MR) is 110 cm³/mol. The van der Waals surface area contributed by atoms with Crippen LogP contribution in [-0.2, 0) is 10.2 Å². The Kier molecular flexibility index (Phi) is 5.59. The average Bonchev–Trinajstić information content (AvgIpc) is 3.40. The minimum Gasteiger partial charge on any atom is -0.341 e. The molecule has 1 aliphatic carbocycles. The highest BCUT2D eigenvalue weighted by atomic mass is 16.2. The number of hydrogen-bond donors (Lipinski definition) is 2. The summed E-state index contributed by atoms with van der Waals surface area (Å²) in [4.78, 5) is 25.0. The van der Waals surface area contributed by atoms with Gasteiger partial charge < -0.3 is 10.6 Å². The first-order chi connectivity index (χ1) is 13.2. The van der Waals surface area contributed by atoms with Crippen LogP contribution in [-0.4, -0.2) is 27.6 Å². The Balaban J connectivity index is 1.60. The second-order valence-corrected chi connectivity index (χ2v) is 8.75. The zero-order valence-corrected chi connectivity index (χ0v) is 17.3. The molecule has 1 fully saturated rings. The van der Waals surface area contributed by atoms with Crippen LogP contribution in [0.1, 0.15) is 69.4 Å². The van der Waals surface area contributed by atoms with E-state index in [0.717, 1.165) is 5.56 Å². The molecule has 28 heavy (non-hydrogen) atoms. The lowest BCUT2D eigenvalue weighted by atomic mass is 9.86. The molecule has 0 radical (unpaired) electrons. The van der Waals surface area contributed by atoms with Gasteiger partial charge in [-0.15, -0.1) is 0 Å². The van der Waals surface area contributed by atoms with Gasteiger partial charge in [0.25, 0.3) is 5.91 Å². The van der Waals surface area contributed by atoms with E-state index in [1.807, 2.05) is 16.8 Å². The molecule has 1 aromatic carbocycles. The molecular formula is C22H30N4O2. The van der Waals surface area contributed by atoms with Gasteiger partial charge >= 0.3 is 0 Å². The van der Waals surface area contributed by atoms with Crippen LogP contribution in [0.4, 0.5) is 5.82 Å². The van der Waals surface area contributed by atoms with Crippen molar-refractivity contribution in [2.75, 3.05) is 5.32 Å². The van der Waals surface area contributed by atoms with E-state index in [2.05, 4.69) is 43.4 Å². The summed E-state index contributed by atoms with van der Waals surface area (Å²) in [5, 5.41) is 10.00. The van der Waals surface area contributed by atoms with E-state index >= 15 is 0 Å². The van der Waals surface area contributed by atoms with Gasteiger partial charge in [-0.2, -0.15) is 5.10 Å². The lowest BCUT2D eigenvalue weighted by Gasteiger charge is -2.20. The smallest absolute Gasteiger partial charge is 0.251 e. The summed E-state index contributed by atoms with van der Waals surface area (Å²) >= 11 is 0. The van der Waals surface area contributed by atoms with Gasteiger partial charge in [-0.3, -0.25) is 9.59 Å². The van der Waals surface area contributed by atoms with E-state index in [4.69, 9.17) is 0 Å². The molecular weight excluding hydrogens is 352 g/mol. The molecule has 6 heteroatoms. The number of aromatic nitrogens is 2. The van der Waals surface area contributed by atoms with Crippen LogP contribution < -0.4 is 10.6 Å². The third-order valence-corrected chi connectivity index (χ3v) is 5.37. The van der Waals surface area contributed by atoms with Crippen LogP contribution in [0.2, 0.25) is 0 Å². The molecule has 0 spiro atoms. The molecule has 2 N–H and O–H groups in total. The van der Waals surface area contributed by atoms with Gasteiger partial charge in [0.15, 0.2) is 0 Å². The molecule has 0 saturated heterocycles. The van der Waals surface area contributed by atoms with Crippen LogP contribution >= 0.6 is 0 Å². The first-order valence-electron chi connectivity index (χ1n) is 9.92. The second-order valence-electron chi connectivity index (χ2n) is 8.75. The summed E-state index contributed by atoms with van der Waals surface area (Å²) in [5.41, 5.74) is 1.73. The van der Waals surface area contributed by atoms with Gasteiger partial charge in [0, 0.05) is 11.6 Å². The highest BCUT2D eigenvalue weighted by Crippen LogP contribution is 2.40. The predicted octanol–water partition coefficient (Wildman–Crippen LogP) is 3.91. The largest absolute Gasteiger partial charge is 0.341 e. The summed E-state index contributed by atoms with van der Waals surface area (Å²) in [5.74, 6) is 0.774. The number of nitrogens with zero attached hydrogens (tertiary/aromatic N) is 2. The van der Waals surface area contributed by atoms with Crippen molar-refractivity contribution in [2.45, 2.75) is 65.0 Å². The summed E-state index contributed by atoms with van der Waals surface area (Å²) in [7, 11) is 0. The Morgan fingerprint density at radius 2 is 1.75 bits per heavy atom. The zero-order chi connectivity index (χ0) is 20.5. The van der Waals surface area contributed by atoms with Crippen molar-refractivity contribution in [2.24, 2.45) is 5.92 Å². The van der Waals surface area contributed by atoms with E-state index in [9.17, 15) is 9.59 Å². The van der Waals surface area contributed by atoms with Crippen LogP contribution in [0.15, 0.2) is 36.5 Å². The van der Waals surface area contributed by atoms with E-state index in [1.54, 1.807) is 31.3 Å². The molecule has 2 aromatic rings. The Labute approximate surface area is 166 Å². The molecule has 1 saturated carbocycles. The summed E-state index contributed by atoms with van der Waals surface area (Å²) in [6, 6.07) is 8.90. The minimum absolute atomic E-state index is 0.0305. The van der Waals surface area contributed by atoms with E-state index in [-0.39, 0.29) is 23.3 Å². The SMILES string of the molecule is CC(NC(=O)c1ccc(C(C)(C)C)cc1)C(=O)Nc1ccnn1C(C)C1CC1. The molecule has 0 aliphatic heterocycles. The van der Waals surface area contributed by atoms with Crippen molar-refractivity contribution in [1.29, 1.82) is 0 Å². The van der Waals surface area contributed by atoms with Crippen molar-refractivity contribution >= 4 is 17.6 Å². The summed E-state index contributed by atoms with van der Waals surface area (Å²) in [6.45, 7) is 10.2. The standard InChI is InChI=1S/C22H30N4O2/c1-14(24-21(28)17-8-10-18(11-9-17)22(3,4)5)20(27)25-19-12-13-23-26(19)15(2)16-6-7-16/h8-16H,6-7H2,1-5H3,(H,24,28)(H,25,27). The molecule has 2 unspecified atom stereocenters.